The first-order valence-electron chi connectivity index (χ1n) is 13.3. The van der Waals surface area contributed by atoms with Gasteiger partial charge in [0.05, 0.1) is 12.1 Å². The summed E-state index contributed by atoms with van der Waals surface area (Å²) in [5, 5.41) is 19.6. The van der Waals surface area contributed by atoms with Gasteiger partial charge in [-0.1, -0.05) is 48.5 Å². The molecule has 1 aromatic heterocycles. The normalized spacial score (nSPS) is 13.3. The van der Waals surface area contributed by atoms with Crippen LogP contribution in [0.1, 0.15) is 58.5 Å². The van der Waals surface area contributed by atoms with Crippen molar-refractivity contribution in [1.82, 2.24) is 20.9 Å². The van der Waals surface area contributed by atoms with E-state index in [1.165, 1.54) is 0 Å². The SMILES string of the molecule is CC(C)(C)OC(=O)NCC(O)C[C@@H](CNC(=O)c1[nH]c2ccccc2c1-c1ccccc1)NC(=O)OC(C)(C)C. The maximum absolute atomic E-state index is 13.4. The van der Waals surface area contributed by atoms with Crippen LogP contribution >= 0.6 is 0 Å². The molecule has 0 radical (unpaired) electrons. The molecule has 0 saturated carbocycles. The fourth-order valence-electron chi connectivity index (χ4n) is 4.12. The minimum Gasteiger partial charge on any atom is -0.444 e. The Balaban J connectivity index is 1.74. The summed E-state index contributed by atoms with van der Waals surface area (Å²) in [6.07, 6.45) is -2.34. The predicted octanol–water partition coefficient (Wildman–Crippen LogP) is 4.73. The molecule has 1 heterocycles. The Kier molecular flexibility index (Phi) is 9.81. The van der Waals surface area contributed by atoms with E-state index in [2.05, 4.69) is 20.9 Å². The lowest BCUT2D eigenvalue weighted by atomic mass is 10.0. The lowest BCUT2D eigenvalue weighted by Crippen LogP contribution is -2.48. The van der Waals surface area contributed by atoms with E-state index in [0.717, 1.165) is 22.0 Å². The third kappa shape index (κ3) is 9.30. The molecular formula is C30H40N4O6. The first-order chi connectivity index (χ1) is 18.7. The van der Waals surface area contributed by atoms with Crippen LogP contribution in [0.25, 0.3) is 22.0 Å². The van der Waals surface area contributed by atoms with Gasteiger partial charge >= 0.3 is 12.2 Å². The van der Waals surface area contributed by atoms with Crippen LogP contribution in [0.3, 0.4) is 0 Å². The molecule has 3 rings (SSSR count). The quantitative estimate of drug-likeness (QED) is 0.260. The van der Waals surface area contributed by atoms with E-state index < -0.39 is 35.5 Å². The number of nitrogens with one attached hydrogen (secondary N) is 4. The van der Waals surface area contributed by atoms with Gasteiger partial charge in [-0.05, 0) is 59.6 Å². The lowest BCUT2D eigenvalue weighted by molar-refractivity contribution is 0.0438. The van der Waals surface area contributed by atoms with E-state index in [9.17, 15) is 19.5 Å². The Morgan fingerprint density at radius 1 is 0.825 bits per heavy atom. The molecule has 0 aliphatic rings. The summed E-state index contributed by atoms with van der Waals surface area (Å²) in [7, 11) is 0. The zero-order valence-corrected chi connectivity index (χ0v) is 24.0. The standard InChI is InChI=1S/C30H40N4O6/c1-29(2,3)39-27(37)32-18-21(35)16-20(33-28(38)40-30(4,5)6)17-31-26(36)25-24(19-12-8-7-9-13-19)22-14-10-11-15-23(22)34-25/h7-15,20-21,34-35H,16-18H2,1-6H3,(H,31,36)(H,32,37)(H,33,38)/t20-,21?/m0/s1. The number of H-pyrrole nitrogens is 1. The van der Waals surface area contributed by atoms with Crippen molar-refractivity contribution in [2.75, 3.05) is 13.1 Å². The first kappa shape index (κ1) is 30.5. The van der Waals surface area contributed by atoms with Crippen molar-refractivity contribution >= 4 is 29.0 Å². The van der Waals surface area contributed by atoms with Crippen molar-refractivity contribution in [3.63, 3.8) is 0 Å². The number of aliphatic hydroxyl groups is 1. The molecule has 5 N–H and O–H groups in total. The van der Waals surface area contributed by atoms with Gasteiger partial charge in [0.25, 0.3) is 5.91 Å². The van der Waals surface area contributed by atoms with Gasteiger partial charge in [-0.3, -0.25) is 4.79 Å². The average Bonchev–Trinajstić information content (AvgIpc) is 3.24. The molecule has 0 bridgehead atoms. The first-order valence-corrected chi connectivity index (χ1v) is 13.3. The van der Waals surface area contributed by atoms with Crippen LogP contribution in [0.5, 0.6) is 0 Å². The maximum Gasteiger partial charge on any atom is 0.407 e. The molecule has 0 spiro atoms. The van der Waals surface area contributed by atoms with Crippen LogP contribution in [0, 0.1) is 0 Å². The third-order valence-electron chi connectivity index (χ3n) is 5.66. The Bertz CT molecular complexity index is 1310. The number of fused-ring (bicyclic) bond motifs is 1. The van der Waals surface area contributed by atoms with Gasteiger partial charge in [0.2, 0.25) is 0 Å². The van der Waals surface area contributed by atoms with Gasteiger partial charge in [-0.25, -0.2) is 9.59 Å². The number of aromatic amines is 1. The number of alkyl carbamates (subject to hydrolysis) is 2. The number of aromatic nitrogens is 1. The van der Waals surface area contributed by atoms with Crippen LogP contribution in [-0.4, -0.2) is 64.6 Å². The summed E-state index contributed by atoms with van der Waals surface area (Å²) in [5.74, 6) is -0.368. The van der Waals surface area contributed by atoms with E-state index >= 15 is 0 Å². The van der Waals surface area contributed by atoms with Crippen LogP contribution in [-0.2, 0) is 9.47 Å². The molecule has 0 saturated heterocycles. The van der Waals surface area contributed by atoms with E-state index in [4.69, 9.17) is 9.47 Å². The summed E-state index contributed by atoms with van der Waals surface area (Å²) in [6, 6.07) is 16.6. The summed E-state index contributed by atoms with van der Waals surface area (Å²) in [5.41, 5.74) is 1.45. The largest absolute Gasteiger partial charge is 0.444 e. The van der Waals surface area contributed by atoms with Crippen LogP contribution in [0.15, 0.2) is 54.6 Å². The molecule has 2 aromatic carbocycles. The van der Waals surface area contributed by atoms with Crippen LogP contribution in [0.4, 0.5) is 9.59 Å². The number of carbonyl (C=O) groups is 3. The van der Waals surface area contributed by atoms with Crippen molar-refractivity contribution in [3.05, 3.63) is 60.3 Å². The number of aliphatic hydroxyl groups excluding tert-OH is 1. The highest BCUT2D eigenvalue weighted by Crippen LogP contribution is 2.32. The highest BCUT2D eigenvalue weighted by molar-refractivity contribution is 6.09. The number of rotatable bonds is 9. The molecule has 10 nitrogen and oxygen atoms in total. The summed E-state index contributed by atoms with van der Waals surface area (Å²) >= 11 is 0. The van der Waals surface area contributed by atoms with E-state index in [-0.39, 0.29) is 25.4 Å². The molecule has 10 heteroatoms. The monoisotopic (exact) mass is 552 g/mol. The van der Waals surface area contributed by atoms with E-state index in [1.54, 1.807) is 41.5 Å². The minimum atomic E-state index is -1.03. The number of hydrogen-bond donors (Lipinski definition) is 5. The van der Waals surface area contributed by atoms with Gasteiger partial charge in [0.1, 0.15) is 16.9 Å². The smallest absolute Gasteiger partial charge is 0.407 e. The second-order valence-electron chi connectivity index (χ2n) is 11.6. The summed E-state index contributed by atoms with van der Waals surface area (Å²) in [4.78, 5) is 41.2. The van der Waals surface area contributed by atoms with Crippen molar-refractivity contribution in [2.45, 2.75) is 71.3 Å². The van der Waals surface area contributed by atoms with Crippen molar-refractivity contribution < 1.29 is 29.0 Å². The molecule has 0 fully saturated rings. The number of hydrogen-bond acceptors (Lipinski definition) is 6. The van der Waals surface area contributed by atoms with Crippen molar-refractivity contribution in [2.24, 2.45) is 0 Å². The molecular weight excluding hydrogens is 512 g/mol. The van der Waals surface area contributed by atoms with Gasteiger partial charge in [0, 0.05) is 29.6 Å². The van der Waals surface area contributed by atoms with Crippen molar-refractivity contribution in [1.29, 1.82) is 0 Å². The number of amides is 3. The Morgan fingerprint density at radius 2 is 1.43 bits per heavy atom. The van der Waals surface area contributed by atoms with E-state index in [0.29, 0.717) is 5.69 Å². The number of ether oxygens (including phenoxy) is 2. The highest BCUT2D eigenvalue weighted by Gasteiger charge is 2.25. The number of para-hydroxylation sites is 1. The number of carbonyl (C=O) groups excluding carboxylic acids is 3. The van der Waals surface area contributed by atoms with Gasteiger partial charge in [0.15, 0.2) is 0 Å². The van der Waals surface area contributed by atoms with Gasteiger partial charge < -0.3 is 35.5 Å². The molecule has 1 unspecified atom stereocenters. The molecule has 0 aliphatic carbocycles. The van der Waals surface area contributed by atoms with Crippen molar-refractivity contribution in [3.8, 4) is 11.1 Å². The molecule has 0 aliphatic heterocycles. The van der Waals surface area contributed by atoms with Crippen LogP contribution in [0.2, 0.25) is 0 Å². The topological polar surface area (TPSA) is 142 Å². The fourth-order valence-corrected chi connectivity index (χ4v) is 4.12. The third-order valence-corrected chi connectivity index (χ3v) is 5.66. The van der Waals surface area contributed by atoms with Gasteiger partial charge in [-0.15, -0.1) is 0 Å². The highest BCUT2D eigenvalue weighted by atomic mass is 16.6. The lowest BCUT2D eigenvalue weighted by Gasteiger charge is -2.26. The fraction of sp³-hybridized carbons (Fsp3) is 0.433. The zero-order chi connectivity index (χ0) is 29.5. The Morgan fingerprint density at radius 3 is 2.08 bits per heavy atom. The molecule has 3 amide bonds. The summed E-state index contributed by atoms with van der Waals surface area (Å²) < 4.78 is 10.6. The maximum atomic E-state index is 13.4. The zero-order valence-electron chi connectivity index (χ0n) is 24.0. The predicted molar refractivity (Wildman–Crippen MR) is 154 cm³/mol. The molecule has 2 atom stereocenters. The number of benzene rings is 2. The van der Waals surface area contributed by atoms with Gasteiger partial charge in [-0.2, -0.15) is 0 Å². The Labute approximate surface area is 234 Å². The second kappa shape index (κ2) is 12.9. The average molecular weight is 553 g/mol. The summed E-state index contributed by atoms with van der Waals surface area (Å²) in [6.45, 7) is 10.3. The Hall–Kier alpha value is -4.05. The molecule has 40 heavy (non-hydrogen) atoms. The molecule has 3 aromatic rings. The van der Waals surface area contributed by atoms with Crippen LogP contribution < -0.4 is 16.0 Å². The second-order valence-corrected chi connectivity index (χ2v) is 11.6. The molecule has 216 valence electrons. The van der Waals surface area contributed by atoms with E-state index in [1.807, 2.05) is 54.6 Å². The minimum absolute atomic E-state index is 0.00513.